The summed E-state index contributed by atoms with van der Waals surface area (Å²) < 4.78 is 13.8. The molecule has 2 heterocycles. The Morgan fingerprint density at radius 2 is 2.14 bits per heavy atom. The van der Waals surface area contributed by atoms with Gasteiger partial charge in [0.15, 0.2) is 5.65 Å². The second-order valence-corrected chi connectivity index (χ2v) is 4.87. The maximum absolute atomic E-state index is 13.8. The van der Waals surface area contributed by atoms with Crippen molar-refractivity contribution in [2.24, 2.45) is 0 Å². The summed E-state index contributed by atoms with van der Waals surface area (Å²) in [6, 6.07) is 4.99. The molecule has 0 aliphatic heterocycles. The molecule has 2 aromatic heterocycles. The second kappa shape index (κ2) is 5.47. The number of aromatic amines is 1. The summed E-state index contributed by atoms with van der Waals surface area (Å²) >= 11 is 0. The molecule has 21 heavy (non-hydrogen) atoms. The summed E-state index contributed by atoms with van der Waals surface area (Å²) in [6.07, 6.45) is 2.64. The van der Waals surface area contributed by atoms with Crippen LogP contribution in [0.15, 0.2) is 24.4 Å². The van der Waals surface area contributed by atoms with E-state index in [1.54, 1.807) is 19.2 Å². The van der Waals surface area contributed by atoms with Crippen LogP contribution >= 0.6 is 0 Å². The average molecular weight is 285 g/mol. The van der Waals surface area contributed by atoms with E-state index in [2.05, 4.69) is 32.4 Å². The van der Waals surface area contributed by atoms with Gasteiger partial charge in [0.1, 0.15) is 5.82 Å². The van der Waals surface area contributed by atoms with Gasteiger partial charge in [-0.1, -0.05) is 19.1 Å². The molecule has 0 amide bonds. The van der Waals surface area contributed by atoms with Crippen LogP contribution in [0.2, 0.25) is 0 Å². The zero-order valence-corrected chi connectivity index (χ0v) is 11.9. The Morgan fingerprint density at radius 1 is 1.29 bits per heavy atom. The number of hydrogen-bond acceptors (Lipinski definition) is 4. The van der Waals surface area contributed by atoms with Gasteiger partial charge < -0.3 is 5.32 Å². The van der Waals surface area contributed by atoms with E-state index in [9.17, 15) is 4.39 Å². The molecule has 3 aromatic rings. The molecular weight excluding hydrogens is 269 g/mol. The first-order chi connectivity index (χ1) is 10.2. The fourth-order valence-electron chi connectivity index (χ4n) is 2.22. The zero-order chi connectivity index (χ0) is 14.8. The summed E-state index contributed by atoms with van der Waals surface area (Å²) in [5, 5.41) is 10.8. The molecule has 0 aliphatic rings. The Bertz CT molecular complexity index is 781. The van der Waals surface area contributed by atoms with Crippen LogP contribution in [0.5, 0.6) is 0 Å². The van der Waals surface area contributed by atoms with Crippen molar-refractivity contribution in [2.45, 2.75) is 20.3 Å². The molecule has 6 heteroatoms. The number of fused-ring (bicyclic) bond motifs is 1. The number of anilines is 1. The van der Waals surface area contributed by atoms with Gasteiger partial charge >= 0.3 is 0 Å². The number of benzene rings is 1. The van der Waals surface area contributed by atoms with Crippen molar-refractivity contribution >= 4 is 17.0 Å². The number of halogens is 1. The monoisotopic (exact) mass is 285 g/mol. The number of aromatic nitrogens is 4. The number of nitrogens with zero attached hydrogens (tertiary/aromatic N) is 3. The summed E-state index contributed by atoms with van der Waals surface area (Å²) in [5.41, 5.74) is 2.65. The highest BCUT2D eigenvalue weighted by Gasteiger charge is 2.14. The number of H-pyrrole nitrogens is 1. The fraction of sp³-hybridized carbons (Fsp3) is 0.267. The predicted octanol–water partition coefficient (Wildman–Crippen LogP) is 3.29. The van der Waals surface area contributed by atoms with Crippen molar-refractivity contribution in [3.63, 3.8) is 0 Å². The number of hydrogen-bond donors (Lipinski definition) is 2. The molecule has 0 spiro atoms. The van der Waals surface area contributed by atoms with Crippen LogP contribution < -0.4 is 5.32 Å². The lowest BCUT2D eigenvalue weighted by molar-refractivity contribution is 0.619. The Balaban J connectivity index is 2.20. The third-order valence-electron chi connectivity index (χ3n) is 3.37. The lowest BCUT2D eigenvalue weighted by Gasteiger charge is -2.09. The molecule has 5 nitrogen and oxygen atoms in total. The molecule has 0 fully saturated rings. The van der Waals surface area contributed by atoms with Crippen LogP contribution in [-0.2, 0) is 0 Å². The Hall–Kier alpha value is -2.50. The summed E-state index contributed by atoms with van der Waals surface area (Å²) in [5.74, 6) is 0.276. The molecule has 0 aliphatic carbocycles. The van der Waals surface area contributed by atoms with Crippen LogP contribution in [0.4, 0.5) is 10.3 Å². The highest BCUT2D eigenvalue weighted by atomic mass is 19.1. The number of nitrogens with one attached hydrogen (secondary N) is 2. The van der Waals surface area contributed by atoms with Crippen LogP contribution in [0.25, 0.3) is 22.3 Å². The van der Waals surface area contributed by atoms with E-state index in [-0.39, 0.29) is 5.82 Å². The maximum Gasteiger partial charge on any atom is 0.225 e. The third-order valence-corrected chi connectivity index (χ3v) is 3.37. The third kappa shape index (κ3) is 2.44. The fourth-order valence-corrected chi connectivity index (χ4v) is 2.22. The molecule has 0 radical (unpaired) electrons. The minimum atomic E-state index is -0.245. The van der Waals surface area contributed by atoms with Crippen molar-refractivity contribution < 1.29 is 4.39 Å². The Kier molecular flexibility index (Phi) is 3.51. The molecule has 0 saturated carbocycles. The van der Waals surface area contributed by atoms with E-state index in [0.29, 0.717) is 22.9 Å². The van der Waals surface area contributed by atoms with Crippen molar-refractivity contribution in [1.29, 1.82) is 0 Å². The molecule has 1 aromatic carbocycles. The van der Waals surface area contributed by atoms with Crippen molar-refractivity contribution in [2.75, 3.05) is 11.9 Å². The topological polar surface area (TPSA) is 66.5 Å². The maximum atomic E-state index is 13.8. The van der Waals surface area contributed by atoms with E-state index >= 15 is 0 Å². The first kappa shape index (κ1) is 13.5. The van der Waals surface area contributed by atoms with Crippen LogP contribution in [0.3, 0.4) is 0 Å². The Morgan fingerprint density at radius 3 is 2.95 bits per heavy atom. The summed E-state index contributed by atoms with van der Waals surface area (Å²) in [4.78, 5) is 8.91. The predicted molar refractivity (Wildman–Crippen MR) is 80.6 cm³/mol. The summed E-state index contributed by atoms with van der Waals surface area (Å²) in [7, 11) is 0. The minimum absolute atomic E-state index is 0.245. The van der Waals surface area contributed by atoms with Gasteiger partial charge in [0.05, 0.1) is 17.3 Å². The van der Waals surface area contributed by atoms with Crippen LogP contribution in [-0.4, -0.2) is 26.7 Å². The zero-order valence-electron chi connectivity index (χ0n) is 11.9. The highest BCUT2D eigenvalue weighted by Crippen LogP contribution is 2.29. The van der Waals surface area contributed by atoms with E-state index in [1.165, 1.54) is 6.07 Å². The first-order valence-electron chi connectivity index (χ1n) is 6.91. The molecule has 0 saturated heterocycles. The lowest BCUT2D eigenvalue weighted by Crippen LogP contribution is -2.05. The van der Waals surface area contributed by atoms with Crippen LogP contribution in [0.1, 0.15) is 18.9 Å². The SMILES string of the molecule is CCCNc1nc(-c2cccc(F)c2C)c2cn[nH]c2n1. The van der Waals surface area contributed by atoms with Gasteiger partial charge in [0.25, 0.3) is 0 Å². The molecule has 0 atom stereocenters. The first-order valence-corrected chi connectivity index (χ1v) is 6.91. The molecule has 2 N–H and O–H groups in total. The van der Waals surface area contributed by atoms with Crippen molar-refractivity contribution in [1.82, 2.24) is 20.2 Å². The average Bonchev–Trinajstić information content (AvgIpc) is 2.95. The van der Waals surface area contributed by atoms with Gasteiger partial charge in [-0.2, -0.15) is 10.1 Å². The second-order valence-electron chi connectivity index (χ2n) is 4.87. The lowest BCUT2D eigenvalue weighted by atomic mass is 10.0. The quantitative estimate of drug-likeness (QED) is 0.772. The van der Waals surface area contributed by atoms with Crippen LogP contribution in [0, 0.1) is 12.7 Å². The van der Waals surface area contributed by atoms with Gasteiger partial charge in [-0.3, -0.25) is 5.10 Å². The van der Waals surface area contributed by atoms with Gasteiger partial charge in [-0.15, -0.1) is 0 Å². The van der Waals surface area contributed by atoms with E-state index in [4.69, 9.17) is 0 Å². The minimum Gasteiger partial charge on any atom is -0.354 e. The van der Waals surface area contributed by atoms with Crippen molar-refractivity contribution in [3.8, 4) is 11.3 Å². The highest BCUT2D eigenvalue weighted by molar-refractivity contribution is 5.91. The molecule has 108 valence electrons. The normalized spacial score (nSPS) is 11.0. The smallest absolute Gasteiger partial charge is 0.225 e. The van der Waals surface area contributed by atoms with E-state index < -0.39 is 0 Å². The van der Waals surface area contributed by atoms with Crippen molar-refractivity contribution in [3.05, 3.63) is 35.8 Å². The number of rotatable bonds is 4. The van der Waals surface area contributed by atoms with E-state index in [1.807, 2.05) is 6.07 Å². The van der Waals surface area contributed by atoms with Gasteiger partial charge in [0, 0.05) is 12.1 Å². The van der Waals surface area contributed by atoms with Gasteiger partial charge in [-0.25, -0.2) is 9.37 Å². The molecule has 0 unspecified atom stereocenters. The molecule has 0 bridgehead atoms. The molecule has 3 rings (SSSR count). The van der Waals surface area contributed by atoms with Gasteiger partial charge in [0.2, 0.25) is 5.95 Å². The summed E-state index contributed by atoms with van der Waals surface area (Å²) in [6.45, 7) is 4.60. The standard InChI is InChI=1S/C15H16FN5/c1-3-7-17-15-19-13(11-8-18-21-14(11)20-15)10-5-4-6-12(16)9(10)2/h4-6,8H,3,7H2,1-2H3,(H2,17,18,19,20,21). The molecular formula is C15H16FN5. The van der Waals surface area contributed by atoms with E-state index in [0.717, 1.165) is 23.9 Å². The van der Waals surface area contributed by atoms with Gasteiger partial charge in [-0.05, 0) is 25.0 Å². The Labute approximate surface area is 121 Å². The largest absolute Gasteiger partial charge is 0.354 e.